The summed E-state index contributed by atoms with van der Waals surface area (Å²) in [5.41, 5.74) is 3.75. The fraction of sp³-hybridized carbons (Fsp3) is 0.250. The molecular weight excluding hydrogens is 332 g/mol. The van der Waals surface area contributed by atoms with Crippen LogP contribution in [0, 0.1) is 0 Å². The average molecular weight is 354 g/mol. The number of aryl methyl sites for hydroxylation is 1. The number of hydrogen-bond donors (Lipinski definition) is 0. The van der Waals surface area contributed by atoms with Gasteiger partial charge in [0.1, 0.15) is 0 Å². The summed E-state index contributed by atoms with van der Waals surface area (Å²) >= 11 is 0. The number of ether oxygens (including phenoxy) is 4. The van der Waals surface area contributed by atoms with E-state index in [1.807, 2.05) is 54.2 Å². The van der Waals surface area contributed by atoms with Crippen molar-refractivity contribution in [2.24, 2.45) is 7.05 Å². The molecule has 0 unspecified atom stereocenters. The third-order valence-electron chi connectivity index (χ3n) is 4.24. The lowest BCUT2D eigenvalue weighted by Crippen LogP contribution is -1.95. The zero-order valence-corrected chi connectivity index (χ0v) is 15.6. The van der Waals surface area contributed by atoms with Crippen molar-refractivity contribution >= 4 is 0 Å². The molecule has 0 aliphatic carbocycles. The fourth-order valence-electron chi connectivity index (χ4n) is 2.87. The average Bonchev–Trinajstić information content (AvgIpc) is 3.08. The van der Waals surface area contributed by atoms with Crippen LogP contribution in [0.1, 0.15) is 0 Å². The van der Waals surface area contributed by atoms with E-state index in [2.05, 4.69) is 5.10 Å². The highest BCUT2D eigenvalue weighted by Crippen LogP contribution is 2.35. The second kappa shape index (κ2) is 7.39. The smallest absolute Gasteiger partial charge is 0.161 e. The second-order valence-corrected chi connectivity index (χ2v) is 5.68. The number of benzene rings is 2. The Balaban J connectivity index is 2.02. The number of methoxy groups -OCH3 is 4. The molecule has 6 heteroatoms. The van der Waals surface area contributed by atoms with Crippen LogP contribution in [0.15, 0.2) is 42.5 Å². The van der Waals surface area contributed by atoms with Crippen molar-refractivity contribution in [2.75, 3.05) is 28.4 Å². The largest absolute Gasteiger partial charge is 0.493 e. The van der Waals surface area contributed by atoms with Crippen LogP contribution in [0.25, 0.3) is 22.5 Å². The first kappa shape index (κ1) is 17.7. The third kappa shape index (κ3) is 3.18. The highest BCUT2D eigenvalue weighted by Gasteiger charge is 2.14. The van der Waals surface area contributed by atoms with Gasteiger partial charge in [-0.1, -0.05) is 0 Å². The van der Waals surface area contributed by atoms with Gasteiger partial charge in [0.15, 0.2) is 23.0 Å². The van der Waals surface area contributed by atoms with E-state index in [1.165, 1.54) is 0 Å². The summed E-state index contributed by atoms with van der Waals surface area (Å²) in [4.78, 5) is 0. The lowest BCUT2D eigenvalue weighted by molar-refractivity contribution is 0.355. The summed E-state index contributed by atoms with van der Waals surface area (Å²) < 4.78 is 23.2. The summed E-state index contributed by atoms with van der Waals surface area (Å²) in [6.07, 6.45) is 0. The minimum atomic E-state index is 0.670. The van der Waals surface area contributed by atoms with Crippen LogP contribution in [0.5, 0.6) is 23.0 Å². The molecule has 3 rings (SSSR count). The van der Waals surface area contributed by atoms with Gasteiger partial charge in [0.25, 0.3) is 0 Å². The molecule has 6 nitrogen and oxygen atoms in total. The van der Waals surface area contributed by atoms with E-state index in [0.717, 1.165) is 22.5 Å². The summed E-state index contributed by atoms with van der Waals surface area (Å²) in [6.45, 7) is 0. The van der Waals surface area contributed by atoms with E-state index in [0.29, 0.717) is 23.0 Å². The molecule has 0 spiro atoms. The van der Waals surface area contributed by atoms with Crippen LogP contribution in [0.3, 0.4) is 0 Å². The van der Waals surface area contributed by atoms with E-state index in [-0.39, 0.29) is 0 Å². The standard InChI is InChI=1S/C20H22N2O4/c1-22-16(14-7-9-18(24-3)20(11-14)26-5)12-15(21-22)13-6-8-17(23-2)19(10-13)25-4/h6-12H,1-5H3. The maximum Gasteiger partial charge on any atom is 0.161 e. The van der Waals surface area contributed by atoms with Gasteiger partial charge in [-0.15, -0.1) is 0 Å². The van der Waals surface area contributed by atoms with Crippen LogP contribution in [0.4, 0.5) is 0 Å². The first-order chi connectivity index (χ1) is 12.6. The van der Waals surface area contributed by atoms with Crippen molar-refractivity contribution in [3.8, 4) is 45.5 Å². The Labute approximate surface area is 152 Å². The molecule has 0 amide bonds. The Morgan fingerprint density at radius 3 is 1.69 bits per heavy atom. The van der Waals surface area contributed by atoms with Crippen molar-refractivity contribution in [1.82, 2.24) is 9.78 Å². The number of nitrogens with zero attached hydrogens (tertiary/aromatic N) is 2. The molecule has 0 aliphatic rings. The van der Waals surface area contributed by atoms with E-state index < -0.39 is 0 Å². The molecule has 0 bridgehead atoms. The summed E-state index contributed by atoms with van der Waals surface area (Å²) in [6, 6.07) is 13.6. The summed E-state index contributed by atoms with van der Waals surface area (Å²) in [7, 11) is 8.40. The van der Waals surface area contributed by atoms with Crippen molar-refractivity contribution in [3.63, 3.8) is 0 Å². The van der Waals surface area contributed by atoms with Gasteiger partial charge in [0, 0.05) is 18.2 Å². The topological polar surface area (TPSA) is 54.7 Å². The number of rotatable bonds is 6. The Bertz CT molecular complexity index is 918. The van der Waals surface area contributed by atoms with Crippen LogP contribution in [0.2, 0.25) is 0 Å². The second-order valence-electron chi connectivity index (χ2n) is 5.68. The molecule has 2 aromatic carbocycles. The molecule has 26 heavy (non-hydrogen) atoms. The van der Waals surface area contributed by atoms with Crippen LogP contribution in [-0.2, 0) is 7.05 Å². The molecule has 0 N–H and O–H groups in total. The first-order valence-electron chi connectivity index (χ1n) is 8.10. The predicted molar refractivity (Wildman–Crippen MR) is 100 cm³/mol. The normalized spacial score (nSPS) is 10.5. The molecule has 3 aromatic rings. The van der Waals surface area contributed by atoms with E-state index in [1.54, 1.807) is 28.4 Å². The van der Waals surface area contributed by atoms with Crippen molar-refractivity contribution < 1.29 is 18.9 Å². The Hall–Kier alpha value is -3.15. The summed E-state index contributed by atoms with van der Waals surface area (Å²) in [5.74, 6) is 2.73. The number of hydrogen-bond acceptors (Lipinski definition) is 5. The zero-order valence-electron chi connectivity index (χ0n) is 15.6. The van der Waals surface area contributed by atoms with Crippen LogP contribution >= 0.6 is 0 Å². The van der Waals surface area contributed by atoms with E-state index >= 15 is 0 Å². The van der Waals surface area contributed by atoms with Gasteiger partial charge in [-0.2, -0.15) is 5.10 Å². The van der Waals surface area contributed by atoms with E-state index in [9.17, 15) is 0 Å². The monoisotopic (exact) mass is 354 g/mol. The highest BCUT2D eigenvalue weighted by molar-refractivity contribution is 5.72. The van der Waals surface area contributed by atoms with Crippen molar-refractivity contribution in [3.05, 3.63) is 42.5 Å². The molecule has 0 fully saturated rings. The predicted octanol–water partition coefficient (Wildman–Crippen LogP) is 3.79. The van der Waals surface area contributed by atoms with Gasteiger partial charge >= 0.3 is 0 Å². The van der Waals surface area contributed by atoms with E-state index in [4.69, 9.17) is 18.9 Å². The SMILES string of the molecule is COc1ccc(-c2cc(-c3ccc(OC)c(OC)c3)n(C)n2)cc1OC. The molecule has 0 aliphatic heterocycles. The van der Waals surface area contributed by atoms with Gasteiger partial charge in [0.2, 0.25) is 0 Å². The lowest BCUT2D eigenvalue weighted by atomic mass is 10.1. The minimum absolute atomic E-state index is 0.670. The maximum atomic E-state index is 5.40. The molecular formula is C20H22N2O4. The van der Waals surface area contributed by atoms with Gasteiger partial charge in [-0.3, -0.25) is 4.68 Å². The Kier molecular flexibility index (Phi) is 5.02. The van der Waals surface area contributed by atoms with Crippen molar-refractivity contribution in [1.29, 1.82) is 0 Å². The van der Waals surface area contributed by atoms with Crippen LogP contribution in [-0.4, -0.2) is 38.2 Å². The third-order valence-corrected chi connectivity index (χ3v) is 4.24. The fourth-order valence-corrected chi connectivity index (χ4v) is 2.87. The maximum absolute atomic E-state index is 5.40. The Morgan fingerprint density at radius 1 is 0.654 bits per heavy atom. The van der Waals surface area contributed by atoms with Gasteiger partial charge in [0.05, 0.1) is 39.8 Å². The molecule has 1 heterocycles. The molecule has 0 atom stereocenters. The van der Waals surface area contributed by atoms with Gasteiger partial charge in [-0.05, 0) is 42.5 Å². The molecule has 136 valence electrons. The Morgan fingerprint density at radius 2 is 1.15 bits per heavy atom. The zero-order chi connectivity index (χ0) is 18.7. The summed E-state index contributed by atoms with van der Waals surface area (Å²) in [5, 5.41) is 4.63. The number of aromatic nitrogens is 2. The quantitative estimate of drug-likeness (QED) is 0.674. The molecule has 0 saturated carbocycles. The molecule has 0 saturated heterocycles. The van der Waals surface area contributed by atoms with Gasteiger partial charge < -0.3 is 18.9 Å². The lowest BCUT2D eigenvalue weighted by Gasteiger charge is -2.09. The highest BCUT2D eigenvalue weighted by atomic mass is 16.5. The minimum Gasteiger partial charge on any atom is -0.493 e. The van der Waals surface area contributed by atoms with Crippen molar-refractivity contribution in [2.45, 2.75) is 0 Å². The first-order valence-corrected chi connectivity index (χ1v) is 8.10. The molecule has 1 aromatic heterocycles. The van der Waals surface area contributed by atoms with Crippen LogP contribution < -0.4 is 18.9 Å². The molecule has 0 radical (unpaired) electrons. The van der Waals surface area contributed by atoms with Gasteiger partial charge in [-0.25, -0.2) is 0 Å².